The second-order valence-corrected chi connectivity index (χ2v) is 20.6. The highest BCUT2D eigenvalue weighted by Gasteiger charge is 2.19. The molecule has 0 aromatic carbocycles. The maximum atomic E-state index is 12.9. The molecule has 0 aromatic rings. The van der Waals surface area contributed by atoms with Crippen molar-refractivity contribution in [2.75, 3.05) is 13.2 Å². The first-order valence-corrected chi connectivity index (χ1v) is 31.7. The average molecular weight is 1070 g/mol. The minimum Gasteiger partial charge on any atom is -0.462 e. The molecule has 0 saturated heterocycles. The predicted octanol–water partition coefficient (Wildman–Crippen LogP) is 21.8. The highest BCUT2D eigenvalue weighted by atomic mass is 16.6. The summed E-state index contributed by atoms with van der Waals surface area (Å²) < 4.78 is 16.9. The molecule has 0 aliphatic heterocycles. The first kappa shape index (κ1) is 72.5. The summed E-state index contributed by atoms with van der Waals surface area (Å²) in [6.07, 6.45) is 90.2. The van der Waals surface area contributed by atoms with E-state index >= 15 is 0 Å². The van der Waals surface area contributed by atoms with E-state index in [4.69, 9.17) is 14.2 Å². The molecule has 0 N–H and O–H groups in total. The van der Waals surface area contributed by atoms with Gasteiger partial charge in [-0.05, 0) is 141 Å². The highest BCUT2D eigenvalue weighted by molar-refractivity contribution is 5.71. The van der Waals surface area contributed by atoms with Crippen molar-refractivity contribution in [1.29, 1.82) is 0 Å². The molecule has 0 aromatic heterocycles. The molecule has 0 aliphatic rings. The molecule has 6 heteroatoms. The molecule has 6 nitrogen and oxygen atoms in total. The SMILES string of the molecule is CC/C=C\C/C=C\C/C=C\C/C=C\C/C=C\C/C=C\C/C=C\C/C=C\CCCCC(=O)OCC(COC(=O)CCCCCCC/C=C\CCCCCC)OC(=O)CCCCCCCCCCC/C=C\C/C=C\CCCCC. The van der Waals surface area contributed by atoms with Gasteiger partial charge >= 0.3 is 17.9 Å². The fraction of sp³-hybridized carbons (Fsp3) is 0.648. The first-order chi connectivity index (χ1) is 38.0. The molecule has 0 spiro atoms. The summed E-state index contributed by atoms with van der Waals surface area (Å²) in [6.45, 7) is 6.44. The zero-order chi connectivity index (χ0) is 55.7. The molecular weight excluding hydrogens is 949 g/mol. The Bertz CT molecular complexity index is 1650. The fourth-order valence-electron chi connectivity index (χ4n) is 8.36. The number of allylic oxidation sites excluding steroid dienone is 22. The van der Waals surface area contributed by atoms with Gasteiger partial charge in [0.1, 0.15) is 13.2 Å². The maximum Gasteiger partial charge on any atom is 0.306 e. The van der Waals surface area contributed by atoms with Crippen LogP contribution >= 0.6 is 0 Å². The van der Waals surface area contributed by atoms with Crippen molar-refractivity contribution in [1.82, 2.24) is 0 Å². The third-order valence-electron chi connectivity index (χ3n) is 13.1. The van der Waals surface area contributed by atoms with Crippen LogP contribution in [0.2, 0.25) is 0 Å². The smallest absolute Gasteiger partial charge is 0.306 e. The number of ether oxygens (including phenoxy) is 3. The monoisotopic (exact) mass is 1060 g/mol. The van der Waals surface area contributed by atoms with E-state index in [1.54, 1.807) is 0 Å². The van der Waals surface area contributed by atoms with Crippen LogP contribution in [-0.4, -0.2) is 37.2 Å². The van der Waals surface area contributed by atoms with Crippen molar-refractivity contribution >= 4 is 17.9 Å². The molecule has 0 rings (SSSR count). The number of hydrogen-bond donors (Lipinski definition) is 0. The van der Waals surface area contributed by atoms with Crippen LogP contribution in [0.25, 0.3) is 0 Å². The van der Waals surface area contributed by atoms with E-state index in [2.05, 4.69) is 154 Å². The van der Waals surface area contributed by atoms with Crippen LogP contribution in [0.3, 0.4) is 0 Å². The summed E-state index contributed by atoms with van der Waals surface area (Å²) >= 11 is 0. The Kier molecular flexibility index (Phi) is 60.4. The topological polar surface area (TPSA) is 78.9 Å². The lowest BCUT2D eigenvalue weighted by Gasteiger charge is -2.18. The molecule has 1 atom stereocenters. The van der Waals surface area contributed by atoms with E-state index in [-0.39, 0.29) is 31.1 Å². The number of carbonyl (C=O) groups excluding carboxylic acids is 3. The lowest BCUT2D eigenvalue weighted by Crippen LogP contribution is -2.30. The number of hydrogen-bond acceptors (Lipinski definition) is 6. The Morgan fingerprint density at radius 3 is 0.857 bits per heavy atom. The van der Waals surface area contributed by atoms with E-state index in [0.717, 1.165) is 122 Å². The lowest BCUT2D eigenvalue weighted by molar-refractivity contribution is -0.167. The van der Waals surface area contributed by atoms with Gasteiger partial charge < -0.3 is 14.2 Å². The number of unbranched alkanes of at least 4 members (excludes halogenated alkanes) is 23. The maximum absolute atomic E-state index is 12.9. The Labute approximate surface area is 475 Å². The molecular formula is C71H116O6. The Hall–Kier alpha value is -4.45. The molecule has 77 heavy (non-hydrogen) atoms. The number of rotatable bonds is 56. The molecule has 0 heterocycles. The minimum absolute atomic E-state index is 0.101. The van der Waals surface area contributed by atoms with Gasteiger partial charge in [0.15, 0.2) is 6.10 Å². The van der Waals surface area contributed by atoms with Crippen LogP contribution in [0.4, 0.5) is 0 Å². The molecule has 0 saturated carbocycles. The summed E-state index contributed by atoms with van der Waals surface area (Å²) in [6, 6.07) is 0. The third-order valence-corrected chi connectivity index (χ3v) is 13.1. The van der Waals surface area contributed by atoms with Crippen molar-refractivity contribution in [2.45, 2.75) is 284 Å². The van der Waals surface area contributed by atoms with Gasteiger partial charge in [0.05, 0.1) is 0 Å². The van der Waals surface area contributed by atoms with Crippen LogP contribution in [0.5, 0.6) is 0 Å². The predicted molar refractivity (Wildman–Crippen MR) is 334 cm³/mol. The Morgan fingerprint density at radius 1 is 0.273 bits per heavy atom. The lowest BCUT2D eigenvalue weighted by atomic mass is 10.1. The largest absolute Gasteiger partial charge is 0.462 e. The highest BCUT2D eigenvalue weighted by Crippen LogP contribution is 2.14. The zero-order valence-corrected chi connectivity index (χ0v) is 49.9. The van der Waals surface area contributed by atoms with Crippen molar-refractivity contribution in [2.24, 2.45) is 0 Å². The average Bonchev–Trinajstić information content (AvgIpc) is 3.43. The Morgan fingerprint density at radius 2 is 0.506 bits per heavy atom. The van der Waals surface area contributed by atoms with E-state index in [9.17, 15) is 14.4 Å². The van der Waals surface area contributed by atoms with Crippen LogP contribution in [0, 0.1) is 0 Å². The van der Waals surface area contributed by atoms with Crippen LogP contribution < -0.4 is 0 Å². The van der Waals surface area contributed by atoms with E-state index in [1.807, 2.05) is 0 Å². The molecule has 0 aliphatic carbocycles. The number of carbonyl (C=O) groups is 3. The van der Waals surface area contributed by atoms with E-state index in [1.165, 1.54) is 109 Å². The van der Waals surface area contributed by atoms with Crippen molar-refractivity contribution in [3.8, 4) is 0 Å². The van der Waals surface area contributed by atoms with Gasteiger partial charge in [0.2, 0.25) is 0 Å². The third kappa shape index (κ3) is 62.3. The standard InChI is InChI=1S/C71H116O6/c1-4-7-10-13-16-19-22-25-27-29-31-32-33-34-35-36-37-38-40-41-43-46-49-52-55-58-61-64-70(73)76-67-68(66-75-69(72)63-60-57-54-51-48-45-24-21-18-15-12-9-6-3)77-71(74)65-62-59-56-53-50-47-44-42-39-30-28-26-23-20-17-14-11-8-5-2/h7,10,16-17,19-21,24-28,31-32,34-35,37-38,41,43,49,52,68H,4-6,8-9,11-15,18,22-23,29-30,33,36,39-40,42,44-48,50-51,53-67H2,1-3H3/b10-7-,19-16-,20-17-,24-21-,27-25-,28-26-,32-31-,35-34-,38-37-,43-41-,52-49-. The first-order valence-electron chi connectivity index (χ1n) is 31.7. The minimum atomic E-state index is -0.807. The van der Waals surface area contributed by atoms with Gasteiger partial charge in [0, 0.05) is 19.3 Å². The molecule has 0 bridgehead atoms. The van der Waals surface area contributed by atoms with Crippen LogP contribution in [0.15, 0.2) is 134 Å². The second-order valence-electron chi connectivity index (χ2n) is 20.6. The van der Waals surface area contributed by atoms with Crippen molar-refractivity contribution < 1.29 is 28.6 Å². The summed E-state index contributed by atoms with van der Waals surface area (Å²) in [7, 11) is 0. The quantitative estimate of drug-likeness (QED) is 0.0261. The summed E-state index contributed by atoms with van der Waals surface area (Å²) in [5.41, 5.74) is 0. The van der Waals surface area contributed by atoms with E-state index < -0.39 is 6.10 Å². The van der Waals surface area contributed by atoms with E-state index in [0.29, 0.717) is 25.7 Å². The Balaban J connectivity index is 4.45. The van der Waals surface area contributed by atoms with Gasteiger partial charge in [-0.3, -0.25) is 14.4 Å². The molecule has 0 amide bonds. The fourth-order valence-corrected chi connectivity index (χ4v) is 8.36. The van der Waals surface area contributed by atoms with Gasteiger partial charge in [-0.1, -0.05) is 251 Å². The zero-order valence-electron chi connectivity index (χ0n) is 49.9. The van der Waals surface area contributed by atoms with Crippen LogP contribution in [-0.2, 0) is 28.6 Å². The summed E-state index contributed by atoms with van der Waals surface area (Å²) in [5.74, 6) is -0.958. The van der Waals surface area contributed by atoms with Gasteiger partial charge in [-0.2, -0.15) is 0 Å². The van der Waals surface area contributed by atoms with Gasteiger partial charge in [-0.15, -0.1) is 0 Å². The molecule has 0 radical (unpaired) electrons. The second kappa shape index (κ2) is 64.1. The summed E-state index contributed by atoms with van der Waals surface area (Å²) in [4.78, 5) is 38.3. The normalized spacial score (nSPS) is 13.0. The summed E-state index contributed by atoms with van der Waals surface area (Å²) in [5, 5.41) is 0. The number of esters is 3. The van der Waals surface area contributed by atoms with Gasteiger partial charge in [-0.25, -0.2) is 0 Å². The van der Waals surface area contributed by atoms with Gasteiger partial charge in [0.25, 0.3) is 0 Å². The van der Waals surface area contributed by atoms with Crippen LogP contribution in [0.1, 0.15) is 278 Å². The van der Waals surface area contributed by atoms with Crippen molar-refractivity contribution in [3.05, 3.63) is 134 Å². The molecule has 0 fully saturated rings. The molecule has 1 unspecified atom stereocenters. The van der Waals surface area contributed by atoms with Crippen molar-refractivity contribution in [3.63, 3.8) is 0 Å². The molecule has 436 valence electrons.